The molecular formula is C14H17NO. The standard InChI is InChI=1S/C14H17NO/c16-10-12-4-5-13-6-7-15(14(13)8-12)9-11-2-1-3-11/h4-5,8,10-11H,1-3,6-7,9H2. The number of hydrogen-bond acceptors (Lipinski definition) is 2. The van der Waals surface area contributed by atoms with E-state index in [1.165, 1.54) is 37.1 Å². The predicted molar refractivity (Wildman–Crippen MR) is 65.1 cm³/mol. The van der Waals surface area contributed by atoms with Crippen molar-refractivity contribution in [2.75, 3.05) is 18.0 Å². The first-order valence-electron chi connectivity index (χ1n) is 6.20. The maximum atomic E-state index is 10.8. The average Bonchev–Trinajstić information content (AvgIpc) is 2.65. The number of rotatable bonds is 3. The molecule has 1 heterocycles. The van der Waals surface area contributed by atoms with Crippen molar-refractivity contribution in [2.45, 2.75) is 25.7 Å². The fourth-order valence-corrected chi connectivity index (χ4v) is 2.71. The van der Waals surface area contributed by atoms with Gasteiger partial charge in [-0.3, -0.25) is 4.79 Å². The third kappa shape index (κ3) is 1.62. The van der Waals surface area contributed by atoms with Crippen LogP contribution < -0.4 is 4.90 Å². The summed E-state index contributed by atoms with van der Waals surface area (Å²) < 4.78 is 0. The van der Waals surface area contributed by atoms with Gasteiger partial charge in [-0.25, -0.2) is 0 Å². The maximum absolute atomic E-state index is 10.8. The molecule has 0 N–H and O–H groups in total. The zero-order chi connectivity index (χ0) is 11.0. The molecule has 0 spiro atoms. The van der Waals surface area contributed by atoms with Gasteiger partial charge in [-0.05, 0) is 36.8 Å². The van der Waals surface area contributed by atoms with Gasteiger partial charge in [-0.15, -0.1) is 0 Å². The van der Waals surface area contributed by atoms with Gasteiger partial charge >= 0.3 is 0 Å². The van der Waals surface area contributed by atoms with E-state index in [2.05, 4.69) is 11.0 Å². The van der Waals surface area contributed by atoms with Crippen LogP contribution in [0.3, 0.4) is 0 Å². The van der Waals surface area contributed by atoms with Gasteiger partial charge in [0.1, 0.15) is 6.29 Å². The van der Waals surface area contributed by atoms with Crippen LogP contribution in [-0.2, 0) is 6.42 Å². The van der Waals surface area contributed by atoms with Crippen LogP contribution in [0.25, 0.3) is 0 Å². The number of nitrogens with zero attached hydrogens (tertiary/aromatic N) is 1. The van der Waals surface area contributed by atoms with Crippen LogP contribution >= 0.6 is 0 Å². The number of fused-ring (bicyclic) bond motifs is 1. The summed E-state index contributed by atoms with van der Waals surface area (Å²) in [7, 11) is 0. The zero-order valence-corrected chi connectivity index (χ0v) is 9.48. The van der Waals surface area contributed by atoms with Gasteiger partial charge in [0.25, 0.3) is 0 Å². The number of carbonyl (C=O) groups excluding carboxylic acids is 1. The molecule has 1 aromatic rings. The van der Waals surface area contributed by atoms with E-state index in [1.807, 2.05) is 12.1 Å². The summed E-state index contributed by atoms with van der Waals surface area (Å²) in [6, 6.07) is 6.09. The van der Waals surface area contributed by atoms with E-state index in [9.17, 15) is 4.79 Å². The Labute approximate surface area is 96.3 Å². The average molecular weight is 215 g/mol. The highest BCUT2D eigenvalue weighted by molar-refractivity contribution is 5.78. The Balaban J connectivity index is 1.82. The van der Waals surface area contributed by atoms with E-state index >= 15 is 0 Å². The summed E-state index contributed by atoms with van der Waals surface area (Å²) in [6.45, 7) is 2.32. The van der Waals surface area contributed by atoms with E-state index in [4.69, 9.17) is 0 Å². The Morgan fingerprint density at radius 2 is 2.25 bits per heavy atom. The lowest BCUT2D eigenvalue weighted by molar-refractivity contribution is 0.112. The summed E-state index contributed by atoms with van der Waals surface area (Å²) in [6.07, 6.45) is 6.26. The predicted octanol–water partition coefficient (Wildman–Crippen LogP) is 2.66. The van der Waals surface area contributed by atoms with Gasteiger partial charge in [0.05, 0.1) is 0 Å². The first-order chi connectivity index (χ1) is 7.86. The van der Waals surface area contributed by atoms with Gasteiger partial charge < -0.3 is 4.90 Å². The van der Waals surface area contributed by atoms with Crippen molar-refractivity contribution in [3.63, 3.8) is 0 Å². The molecule has 0 amide bonds. The van der Waals surface area contributed by atoms with E-state index < -0.39 is 0 Å². The summed E-state index contributed by atoms with van der Waals surface area (Å²) >= 11 is 0. The van der Waals surface area contributed by atoms with E-state index in [0.29, 0.717) is 0 Å². The lowest BCUT2D eigenvalue weighted by Crippen LogP contribution is -2.31. The molecular weight excluding hydrogens is 198 g/mol. The number of benzene rings is 1. The normalized spacial score (nSPS) is 19.4. The summed E-state index contributed by atoms with van der Waals surface area (Å²) in [4.78, 5) is 13.2. The second kappa shape index (κ2) is 3.93. The van der Waals surface area contributed by atoms with Crippen molar-refractivity contribution in [1.29, 1.82) is 0 Å². The van der Waals surface area contributed by atoms with Crippen LogP contribution in [0, 0.1) is 5.92 Å². The molecule has 2 nitrogen and oxygen atoms in total. The van der Waals surface area contributed by atoms with Crippen LogP contribution in [0.1, 0.15) is 35.2 Å². The SMILES string of the molecule is O=Cc1ccc2c(c1)N(CC1CCC1)CC2. The van der Waals surface area contributed by atoms with Crippen LogP contribution in [0.4, 0.5) is 5.69 Å². The molecule has 3 rings (SSSR count). The Morgan fingerprint density at radius 1 is 1.38 bits per heavy atom. The van der Waals surface area contributed by atoms with Crippen molar-refractivity contribution in [3.05, 3.63) is 29.3 Å². The number of aldehydes is 1. The molecule has 2 aliphatic rings. The molecule has 1 aromatic carbocycles. The maximum Gasteiger partial charge on any atom is 0.150 e. The number of anilines is 1. The van der Waals surface area contributed by atoms with E-state index in [-0.39, 0.29) is 0 Å². The third-order valence-electron chi connectivity index (χ3n) is 3.94. The number of carbonyl (C=O) groups is 1. The minimum atomic E-state index is 0.805. The fraction of sp³-hybridized carbons (Fsp3) is 0.500. The Hall–Kier alpha value is -1.31. The van der Waals surface area contributed by atoms with Gasteiger partial charge in [0.15, 0.2) is 0 Å². The lowest BCUT2D eigenvalue weighted by atomic mass is 9.85. The van der Waals surface area contributed by atoms with Crippen molar-refractivity contribution in [1.82, 2.24) is 0 Å². The molecule has 0 saturated heterocycles. The van der Waals surface area contributed by atoms with Crippen molar-refractivity contribution < 1.29 is 4.79 Å². The minimum absolute atomic E-state index is 0.805. The highest BCUT2D eigenvalue weighted by Crippen LogP contribution is 2.33. The Morgan fingerprint density at radius 3 is 2.94 bits per heavy atom. The molecule has 1 aliphatic heterocycles. The van der Waals surface area contributed by atoms with E-state index in [1.54, 1.807) is 0 Å². The first-order valence-corrected chi connectivity index (χ1v) is 6.20. The summed E-state index contributed by atoms with van der Waals surface area (Å²) in [5.41, 5.74) is 3.51. The second-order valence-electron chi connectivity index (χ2n) is 5.00. The largest absolute Gasteiger partial charge is 0.371 e. The van der Waals surface area contributed by atoms with E-state index in [0.717, 1.165) is 30.7 Å². The molecule has 2 heteroatoms. The Bertz CT molecular complexity index is 409. The van der Waals surface area contributed by atoms with Gasteiger partial charge in [0, 0.05) is 24.3 Å². The molecule has 84 valence electrons. The van der Waals surface area contributed by atoms with Crippen molar-refractivity contribution >= 4 is 12.0 Å². The molecule has 0 unspecified atom stereocenters. The zero-order valence-electron chi connectivity index (χ0n) is 9.48. The molecule has 0 radical (unpaired) electrons. The first kappa shape index (κ1) is 9.88. The van der Waals surface area contributed by atoms with Crippen LogP contribution in [0.15, 0.2) is 18.2 Å². The quantitative estimate of drug-likeness (QED) is 0.722. The summed E-state index contributed by atoms with van der Waals surface area (Å²) in [5.74, 6) is 0.894. The molecule has 0 aromatic heterocycles. The molecule has 0 bridgehead atoms. The van der Waals surface area contributed by atoms with Crippen LogP contribution in [0.2, 0.25) is 0 Å². The minimum Gasteiger partial charge on any atom is -0.371 e. The van der Waals surface area contributed by atoms with Gasteiger partial charge in [-0.1, -0.05) is 18.6 Å². The van der Waals surface area contributed by atoms with Crippen LogP contribution in [-0.4, -0.2) is 19.4 Å². The van der Waals surface area contributed by atoms with Gasteiger partial charge in [-0.2, -0.15) is 0 Å². The lowest BCUT2D eigenvalue weighted by Gasteiger charge is -2.31. The topological polar surface area (TPSA) is 20.3 Å². The second-order valence-corrected chi connectivity index (χ2v) is 5.00. The fourth-order valence-electron chi connectivity index (χ4n) is 2.71. The highest BCUT2D eigenvalue weighted by Gasteiger charge is 2.25. The molecule has 16 heavy (non-hydrogen) atoms. The van der Waals surface area contributed by atoms with Crippen LogP contribution in [0.5, 0.6) is 0 Å². The number of hydrogen-bond donors (Lipinski definition) is 0. The summed E-state index contributed by atoms with van der Waals surface area (Å²) in [5, 5.41) is 0. The molecule has 1 fully saturated rings. The third-order valence-corrected chi connectivity index (χ3v) is 3.94. The van der Waals surface area contributed by atoms with Gasteiger partial charge in [0.2, 0.25) is 0 Å². The van der Waals surface area contributed by atoms with Crippen molar-refractivity contribution in [2.24, 2.45) is 5.92 Å². The highest BCUT2D eigenvalue weighted by atomic mass is 16.1. The molecule has 1 aliphatic carbocycles. The van der Waals surface area contributed by atoms with Crippen molar-refractivity contribution in [3.8, 4) is 0 Å². The molecule has 1 saturated carbocycles. The molecule has 0 atom stereocenters. The smallest absolute Gasteiger partial charge is 0.150 e. The Kier molecular flexibility index (Phi) is 2.43. The monoisotopic (exact) mass is 215 g/mol.